The van der Waals surface area contributed by atoms with Gasteiger partial charge in [0.2, 0.25) is 5.91 Å². The van der Waals surface area contributed by atoms with E-state index >= 15 is 0 Å². The van der Waals surface area contributed by atoms with Gasteiger partial charge in [-0.2, -0.15) is 0 Å². The first-order chi connectivity index (χ1) is 13.8. The summed E-state index contributed by atoms with van der Waals surface area (Å²) < 4.78 is 14.7. The van der Waals surface area contributed by atoms with Gasteiger partial charge in [-0.1, -0.05) is 26.0 Å². The van der Waals surface area contributed by atoms with Gasteiger partial charge in [-0.15, -0.1) is 0 Å². The van der Waals surface area contributed by atoms with Crippen LogP contribution in [0.5, 0.6) is 0 Å². The van der Waals surface area contributed by atoms with Gasteiger partial charge in [-0.25, -0.2) is 14.4 Å². The topological polar surface area (TPSA) is 88.9 Å². The van der Waals surface area contributed by atoms with Crippen molar-refractivity contribution >= 4 is 17.5 Å². The number of hydrogen-bond donors (Lipinski definition) is 2. The Morgan fingerprint density at radius 1 is 1.03 bits per heavy atom. The molecular formula is C21H22FN5O2. The van der Waals surface area contributed by atoms with Crippen molar-refractivity contribution in [1.29, 1.82) is 0 Å². The average Bonchev–Trinajstić information content (AvgIpc) is 3.19. The highest BCUT2D eigenvalue weighted by Crippen LogP contribution is 2.15. The fourth-order valence-electron chi connectivity index (χ4n) is 2.57. The van der Waals surface area contributed by atoms with Crippen molar-refractivity contribution in [3.63, 3.8) is 0 Å². The summed E-state index contributed by atoms with van der Waals surface area (Å²) in [5, 5.41) is 5.60. The molecule has 1 atom stereocenters. The molecule has 3 aromatic rings. The Morgan fingerprint density at radius 3 is 2.38 bits per heavy atom. The summed E-state index contributed by atoms with van der Waals surface area (Å²) in [4.78, 5) is 32.6. The van der Waals surface area contributed by atoms with Crippen molar-refractivity contribution in [2.75, 3.05) is 5.32 Å². The third-order valence-corrected chi connectivity index (χ3v) is 4.34. The number of rotatable bonds is 6. The van der Waals surface area contributed by atoms with Gasteiger partial charge in [-0.05, 0) is 36.8 Å². The largest absolute Gasteiger partial charge is 0.344 e. The van der Waals surface area contributed by atoms with Crippen molar-refractivity contribution < 1.29 is 14.0 Å². The Kier molecular flexibility index (Phi) is 6.01. The summed E-state index contributed by atoms with van der Waals surface area (Å²) in [5.74, 6) is -0.321. The van der Waals surface area contributed by atoms with Crippen LogP contribution in [0.3, 0.4) is 0 Å². The smallest absolute Gasteiger partial charge is 0.271 e. The number of carbonyl (C=O) groups excluding carboxylic acids is 2. The minimum absolute atomic E-state index is 0.0867. The third-order valence-electron chi connectivity index (χ3n) is 4.34. The number of pyridine rings is 1. The molecule has 0 spiro atoms. The van der Waals surface area contributed by atoms with Crippen molar-refractivity contribution in [3.8, 4) is 5.82 Å². The molecule has 150 valence electrons. The minimum Gasteiger partial charge on any atom is -0.344 e. The zero-order chi connectivity index (χ0) is 21.0. The second-order valence-electron chi connectivity index (χ2n) is 6.96. The van der Waals surface area contributed by atoms with Gasteiger partial charge in [0.15, 0.2) is 0 Å². The number of aromatic nitrogens is 3. The first kappa shape index (κ1) is 20.2. The highest BCUT2D eigenvalue weighted by Gasteiger charge is 2.15. The van der Waals surface area contributed by atoms with Gasteiger partial charge < -0.3 is 10.6 Å². The Labute approximate surface area is 168 Å². The molecule has 0 saturated carbocycles. The molecule has 1 unspecified atom stereocenters. The zero-order valence-corrected chi connectivity index (χ0v) is 16.4. The maximum Gasteiger partial charge on any atom is 0.271 e. The SMILES string of the molecule is CC(C)C(=O)Nc1ccc(-n2cnc(C(=O)NC(C)c3ccc(F)cc3)c2)nc1. The van der Waals surface area contributed by atoms with Gasteiger partial charge >= 0.3 is 0 Å². The van der Waals surface area contributed by atoms with E-state index in [-0.39, 0.29) is 35.3 Å². The Hall–Kier alpha value is -3.55. The first-order valence-corrected chi connectivity index (χ1v) is 9.21. The van der Waals surface area contributed by atoms with Gasteiger partial charge in [0, 0.05) is 12.1 Å². The molecule has 29 heavy (non-hydrogen) atoms. The highest BCUT2D eigenvalue weighted by atomic mass is 19.1. The fourth-order valence-corrected chi connectivity index (χ4v) is 2.57. The van der Waals surface area contributed by atoms with Crippen molar-refractivity contribution in [3.05, 3.63) is 72.2 Å². The van der Waals surface area contributed by atoms with E-state index in [2.05, 4.69) is 20.6 Å². The molecule has 7 nitrogen and oxygen atoms in total. The van der Waals surface area contributed by atoms with Crippen LogP contribution in [0.1, 0.15) is 42.9 Å². The van der Waals surface area contributed by atoms with Gasteiger partial charge in [0.1, 0.15) is 23.7 Å². The van der Waals surface area contributed by atoms with Crippen LogP contribution < -0.4 is 10.6 Å². The predicted molar refractivity (Wildman–Crippen MR) is 107 cm³/mol. The second kappa shape index (κ2) is 8.64. The normalized spacial score (nSPS) is 11.9. The van der Waals surface area contributed by atoms with Crippen LogP contribution in [0.15, 0.2) is 55.1 Å². The summed E-state index contributed by atoms with van der Waals surface area (Å²) in [7, 11) is 0. The lowest BCUT2D eigenvalue weighted by Gasteiger charge is -2.13. The van der Waals surface area contributed by atoms with Crippen molar-refractivity contribution in [2.24, 2.45) is 5.92 Å². The highest BCUT2D eigenvalue weighted by molar-refractivity contribution is 5.92. The number of benzene rings is 1. The molecule has 2 aromatic heterocycles. The van der Waals surface area contributed by atoms with Crippen LogP contribution in [0.25, 0.3) is 5.82 Å². The fraction of sp³-hybridized carbons (Fsp3) is 0.238. The summed E-state index contributed by atoms with van der Waals surface area (Å²) >= 11 is 0. The molecule has 2 amide bonds. The maximum absolute atomic E-state index is 13.0. The molecule has 2 heterocycles. The van der Waals surface area contributed by atoms with Crippen LogP contribution in [0.2, 0.25) is 0 Å². The van der Waals surface area contributed by atoms with E-state index in [0.29, 0.717) is 11.5 Å². The molecule has 3 rings (SSSR count). The van der Waals surface area contributed by atoms with Crippen molar-refractivity contribution in [1.82, 2.24) is 19.9 Å². The van der Waals surface area contributed by atoms with E-state index in [1.165, 1.54) is 18.5 Å². The number of carbonyl (C=O) groups is 2. The number of anilines is 1. The van der Waals surface area contributed by atoms with Crippen molar-refractivity contribution in [2.45, 2.75) is 26.8 Å². The monoisotopic (exact) mass is 395 g/mol. The molecule has 0 radical (unpaired) electrons. The standard InChI is InChI=1S/C21H22FN5O2/c1-13(2)20(28)26-17-8-9-19(23-10-17)27-11-18(24-12-27)21(29)25-14(3)15-4-6-16(22)7-5-15/h4-14H,1-3H3,(H,25,29)(H,26,28). The lowest BCUT2D eigenvalue weighted by Crippen LogP contribution is -2.26. The zero-order valence-electron chi connectivity index (χ0n) is 16.4. The van der Waals surface area contributed by atoms with E-state index in [0.717, 1.165) is 5.56 Å². The first-order valence-electron chi connectivity index (χ1n) is 9.21. The quantitative estimate of drug-likeness (QED) is 0.669. The van der Waals surface area contributed by atoms with Crippen LogP contribution in [-0.4, -0.2) is 26.3 Å². The Morgan fingerprint density at radius 2 is 1.76 bits per heavy atom. The van der Waals surface area contributed by atoms with Gasteiger partial charge in [-0.3, -0.25) is 14.2 Å². The molecule has 0 saturated heterocycles. The molecular weight excluding hydrogens is 373 g/mol. The molecule has 2 N–H and O–H groups in total. The molecule has 0 aliphatic carbocycles. The summed E-state index contributed by atoms with van der Waals surface area (Å²) in [6.45, 7) is 5.44. The third kappa shape index (κ3) is 5.04. The number of hydrogen-bond acceptors (Lipinski definition) is 4. The molecule has 8 heteroatoms. The van der Waals surface area contributed by atoms with Gasteiger partial charge in [0.05, 0.1) is 17.9 Å². The molecule has 0 fully saturated rings. The maximum atomic E-state index is 13.0. The number of imidazole rings is 1. The predicted octanol–water partition coefficient (Wildman–Crippen LogP) is 3.49. The second-order valence-corrected chi connectivity index (χ2v) is 6.96. The number of halogens is 1. The average molecular weight is 395 g/mol. The Bertz CT molecular complexity index is 997. The lowest BCUT2D eigenvalue weighted by molar-refractivity contribution is -0.118. The molecule has 0 aliphatic heterocycles. The minimum atomic E-state index is -0.346. The van der Waals surface area contributed by atoms with Crippen LogP contribution in [-0.2, 0) is 4.79 Å². The van der Waals surface area contributed by atoms with Crippen LogP contribution in [0, 0.1) is 11.7 Å². The van der Waals surface area contributed by atoms with E-state index < -0.39 is 0 Å². The molecule has 0 aliphatic rings. The summed E-state index contributed by atoms with van der Waals surface area (Å²) in [5.41, 5.74) is 1.62. The number of nitrogens with zero attached hydrogens (tertiary/aromatic N) is 3. The Balaban J connectivity index is 1.66. The van der Waals surface area contributed by atoms with E-state index in [1.54, 1.807) is 41.2 Å². The van der Waals surface area contributed by atoms with E-state index in [4.69, 9.17) is 0 Å². The lowest BCUT2D eigenvalue weighted by atomic mass is 10.1. The molecule has 0 bridgehead atoms. The van der Waals surface area contributed by atoms with Gasteiger partial charge in [0.25, 0.3) is 5.91 Å². The van der Waals surface area contributed by atoms with Crippen LogP contribution in [0.4, 0.5) is 10.1 Å². The van der Waals surface area contributed by atoms with Crippen LogP contribution >= 0.6 is 0 Å². The van der Waals surface area contributed by atoms with E-state index in [9.17, 15) is 14.0 Å². The summed E-state index contributed by atoms with van der Waals surface area (Å²) in [6.07, 6.45) is 4.61. The number of nitrogens with one attached hydrogen (secondary N) is 2. The summed E-state index contributed by atoms with van der Waals surface area (Å²) in [6, 6.07) is 9.12. The van der Waals surface area contributed by atoms with E-state index in [1.807, 2.05) is 20.8 Å². The molecule has 1 aromatic carbocycles. The number of amides is 2.